The molecule has 0 radical (unpaired) electrons. The highest BCUT2D eigenvalue weighted by molar-refractivity contribution is 5.90. The molecule has 18 heavy (non-hydrogen) atoms. The Balaban J connectivity index is 2.20. The standard InChI is InChI=1S/C14H8O4/c15-10-2-1-3-11-8(10)6-9-12(18-11)4-5-13-14(9)17-7-16-13/h1-6H,7H2. The van der Waals surface area contributed by atoms with Crippen LogP contribution >= 0.6 is 0 Å². The van der Waals surface area contributed by atoms with Gasteiger partial charge < -0.3 is 13.9 Å². The first-order valence-corrected chi connectivity index (χ1v) is 5.58. The Morgan fingerprint density at radius 3 is 2.94 bits per heavy atom. The third-order valence-electron chi connectivity index (χ3n) is 3.07. The number of benzene rings is 2. The van der Waals surface area contributed by atoms with Crippen LogP contribution in [0.25, 0.3) is 22.3 Å². The molecule has 0 spiro atoms. The zero-order valence-electron chi connectivity index (χ0n) is 9.30. The summed E-state index contributed by atoms with van der Waals surface area (Å²) in [5.74, 6) is 1.90. The largest absolute Gasteiger partial charge is 0.456 e. The molecule has 0 N–H and O–H groups in total. The number of hydrogen-bond donors (Lipinski definition) is 0. The number of fused-ring (bicyclic) bond motifs is 4. The normalized spacial score (nSPS) is 13.3. The van der Waals surface area contributed by atoms with Crippen LogP contribution in [0.1, 0.15) is 0 Å². The van der Waals surface area contributed by atoms with Gasteiger partial charge in [0, 0.05) is 0 Å². The number of hydrogen-bond acceptors (Lipinski definition) is 4. The van der Waals surface area contributed by atoms with E-state index in [0.717, 1.165) is 5.39 Å². The van der Waals surface area contributed by atoms with Gasteiger partial charge in [0.1, 0.15) is 11.3 Å². The molecule has 1 aromatic rings. The van der Waals surface area contributed by atoms with Gasteiger partial charge in [-0.2, -0.15) is 0 Å². The topological polar surface area (TPSA) is 48.7 Å². The van der Waals surface area contributed by atoms with Crippen molar-refractivity contribution in [2.45, 2.75) is 0 Å². The first-order valence-electron chi connectivity index (χ1n) is 5.58. The average molecular weight is 240 g/mol. The fourth-order valence-electron chi connectivity index (χ4n) is 2.22. The smallest absolute Gasteiger partial charge is 0.231 e. The quantitative estimate of drug-likeness (QED) is 0.567. The summed E-state index contributed by atoms with van der Waals surface area (Å²) >= 11 is 0. The van der Waals surface area contributed by atoms with Gasteiger partial charge in [0.25, 0.3) is 0 Å². The molecule has 88 valence electrons. The summed E-state index contributed by atoms with van der Waals surface area (Å²) in [6, 6.07) is 10.4. The molecule has 4 heteroatoms. The fraction of sp³-hybridized carbons (Fsp3) is 0.0714. The van der Waals surface area contributed by atoms with E-state index in [1.165, 1.54) is 6.07 Å². The Hall–Kier alpha value is -2.49. The maximum atomic E-state index is 11.8. The van der Waals surface area contributed by atoms with Crippen LogP contribution in [0.5, 0.6) is 11.5 Å². The van der Waals surface area contributed by atoms with E-state index in [4.69, 9.17) is 13.9 Å². The minimum Gasteiger partial charge on any atom is -0.456 e. The molecular formula is C14H8O4. The lowest BCUT2D eigenvalue weighted by Crippen LogP contribution is -2.02. The first-order chi connectivity index (χ1) is 8.83. The molecule has 0 unspecified atom stereocenters. The van der Waals surface area contributed by atoms with E-state index >= 15 is 0 Å². The van der Waals surface area contributed by atoms with E-state index in [-0.39, 0.29) is 12.2 Å². The van der Waals surface area contributed by atoms with Crippen LogP contribution in [-0.4, -0.2) is 6.79 Å². The Morgan fingerprint density at radius 2 is 2.00 bits per heavy atom. The maximum absolute atomic E-state index is 11.8. The molecule has 1 aromatic carbocycles. The third kappa shape index (κ3) is 1.17. The van der Waals surface area contributed by atoms with Crippen molar-refractivity contribution in [3.05, 3.63) is 46.6 Å². The minimum atomic E-state index is -0.0605. The van der Waals surface area contributed by atoms with Gasteiger partial charge in [-0.25, -0.2) is 0 Å². The van der Waals surface area contributed by atoms with E-state index < -0.39 is 0 Å². The molecule has 0 saturated heterocycles. The van der Waals surface area contributed by atoms with Crippen molar-refractivity contribution in [3.8, 4) is 22.8 Å². The zero-order valence-corrected chi connectivity index (χ0v) is 9.30. The summed E-state index contributed by atoms with van der Waals surface area (Å²) < 4.78 is 16.4. The van der Waals surface area contributed by atoms with Crippen LogP contribution in [0, 0.1) is 0 Å². The highest BCUT2D eigenvalue weighted by Gasteiger charge is 2.20. The molecular weight excluding hydrogens is 232 g/mol. The second-order valence-corrected chi connectivity index (χ2v) is 4.13. The van der Waals surface area contributed by atoms with E-state index in [1.54, 1.807) is 24.3 Å². The minimum absolute atomic E-state index is 0.0605. The van der Waals surface area contributed by atoms with Crippen LogP contribution in [-0.2, 0) is 0 Å². The van der Waals surface area contributed by atoms with Gasteiger partial charge in [-0.3, -0.25) is 4.79 Å². The van der Waals surface area contributed by atoms with E-state index in [1.807, 2.05) is 6.07 Å². The molecule has 0 atom stereocenters. The lowest BCUT2D eigenvalue weighted by molar-refractivity contribution is 0.175. The van der Waals surface area contributed by atoms with Crippen molar-refractivity contribution in [2.75, 3.05) is 6.79 Å². The van der Waals surface area contributed by atoms with E-state index in [2.05, 4.69) is 0 Å². The summed E-state index contributed by atoms with van der Waals surface area (Å²) in [6.07, 6.45) is 0. The lowest BCUT2D eigenvalue weighted by atomic mass is 10.1. The van der Waals surface area contributed by atoms with Crippen molar-refractivity contribution in [2.24, 2.45) is 0 Å². The zero-order chi connectivity index (χ0) is 12.1. The number of ether oxygens (including phenoxy) is 2. The molecule has 4 nitrogen and oxygen atoms in total. The van der Waals surface area contributed by atoms with Crippen molar-refractivity contribution in [3.63, 3.8) is 0 Å². The summed E-state index contributed by atoms with van der Waals surface area (Å²) in [5, 5.41) is 0.765. The molecule has 1 aliphatic carbocycles. The molecule has 0 amide bonds. The molecule has 0 saturated carbocycles. The predicted octanol–water partition coefficient (Wildman–Crippen LogP) is 2.63. The van der Waals surface area contributed by atoms with Crippen molar-refractivity contribution in [1.82, 2.24) is 0 Å². The molecule has 2 heterocycles. The van der Waals surface area contributed by atoms with Crippen LogP contribution < -0.4 is 14.9 Å². The molecule has 0 aromatic heterocycles. The third-order valence-corrected chi connectivity index (χ3v) is 3.07. The SMILES string of the molecule is O=c1cccc2oc3ccc4c(c3cc1-2)OCO4. The predicted molar refractivity (Wildman–Crippen MR) is 65.2 cm³/mol. The van der Waals surface area contributed by atoms with Crippen LogP contribution in [0.4, 0.5) is 0 Å². The summed E-state index contributed by atoms with van der Waals surface area (Å²) in [5.41, 5.74) is 1.17. The summed E-state index contributed by atoms with van der Waals surface area (Å²) in [4.78, 5) is 11.8. The molecule has 3 aliphatic rings. The van der Waals surface area contributed by atoms with E-state index in [9.17, 15) is 4.79 Å². The second kappa shape index (κ2) is 3.26. The summed E-state index contributed by atoms with van der Waals surface area (Å²) in [7, 11) is 0. The van der Waals surface area contributed by atoms with Crippen molar-refractivity contribution in [1.29, 1.82) is 0 Å². The Labute approximate surface area is 102 Å². The molecule has 2 aliphatic heterocycles. The maximum Gasteiger partial charge on any atom is 0.231 e. The van der Waals surface area contributed by atoms with Crippen molar-refractivity contribution < 1.29 is 13.9 Å². The van der Waals surface area contributed by atoms with Gasteiger partial charge in [-0.1, -0.05) is 6.07 Å². The van der Waals surface area contributed by atoms with Crippen LogP contribution in [0.15, 0.2) is 45.6 Å². The Morgan fingerprint density at radius 1 is 1.06 bits per heavy atom. The fourth-order valence-corrected chi connectivity index (χ4v) is 2.22. The lowest BCUT2D eigenvalue weighted by Gasteiger charge is -2.07. The average Bonchev–Trinajstić information content (AvgIpc) is 2.86. The van der Waals surface area contributed by atoms with Gasteiger partial charge in [0.15, 0.2) is 16.9 Å². The number of rotatable bonds is 0. The monoisotopic (exact) mass is 240 g/mol. The van der Waals surface area contributed by atoms with Gasteiger partial charge >= 0.3 is 0 Å². The molecule has 0 fully saturated rings. The molecule has 4 rings (SSSR count). The van der Waals surface area contributed by atoms with Gasteiger partial charge in [-0.05, 0) is 30.3 Å². The van der Waals surface area contributed by atoms with E-state index in [0.29, 0.717) is 28.4 Å². The highest BCUT2D eigenvalue weighted by atomic mass is 16.7. The van der Waals surface area contributed by atoms with Crippen molar-refractivity contribution >= 4 is 11.0 Å². The van der Waals surface area contributed by atoms with Crippen LogP contribution in [0.2, 0.25) is 0 Å². The van der Waals surface area contributed by atoms with Gasteiger partial charge in [-0.15, -0.1) is 0 Å². The first kappa shape index (κ1) is 9.53. The van der Waals surface area contributed by atoms with Gasteiger partial charge in [0.2, 0.25) is 6.79 Å². The van der Waals surface area contributed by atoms with Crippen LogP contribution in [0.3, 0.4) is 0 Å². The van der Waals surface area contributed by atoms with Gasteiger partial charge in [0.05, 0.1) is 10.9 Å². The Bertz CT molecular complexity index is 788. The second-order valence-electron chi connectivity index (χ2n) is 4.13. The molecule has 0 bridgehead atoms. The highest BCUT2D eigenvalue weighted by Crippen LogP contribution is 2.41. The Kier molecular flexibility index (Phi) is 1.73. The summed E-state index contributed by atoms with van der Waals surface area (Å²) in [6.45, 7) is 0.200.